The van der Waals surface area contributed by atoms with Gasteiger partial charge in [-0.15, -0.1) is 4.31 Å². The second-order valence-corrected chi connectivity index (χ2v) is 8.11. The van der Waals surface area contributed by atoms with E-state index in [-0.39, 0.29) is 10.8 Å². The quantitative estimate of drug-likeness (QED) is 0.778. The normalized spacial score (nSPS) is 15.2. The maximum absolute atomic E-state index is 12.6. The highest BCUT2D eigenvalue weighted by atomic mass is 35.5. The predicted molar refractivity (Wildman–Crippen MR) is 84.5 cm³/mol. The lowest BCUT2D eigenvalue weighted by atomic mass is 10.2. The molecule has 0 radical (unpaired) electrons. The van der Waals surface area contributed by atoms with Crippen LogP contribution in [-0.2, 0) is 11.4 Å². The molecule has 0 saturated carbocycles. The van der Waals surface area contributed by atoms with Crippen molar-refractivity contribution in [3.8, 4) is 5.75 Å². The van der Waals surface area contributed by atoms with Crippen LogP contribution in [0.5, 0.6) is 5.75 Å². The van der Waals surface area contributed by atoms with E-state index >= 15 is 0 Å². The number of nitrogens with zero attached hydrogens (tertiary/aromatic N) is 2. The summed E-state index contributed by atoms with van der Waals surface area (Å²) in [6, 6.07) is 1.69. The van der Waals surface area contributed by atoms with Gasteiger partial charge in [-0.3, -0.25) is 4.98 Å². The molecule has 0 bridgehead atoms. The van der Waals surface area contributed by atoms with E-state index in [1.54, 1.807) is 19.4 Å². The number of halogens is 1. The highest BCUT2D eigenvalue weighted by Gasteiger charge is 2.36. The molecule has 0 unspecified atom stereocenters. The Kier molecular flexibility index (Phi) is 6.13. The summed E-state index contributed by atoms with van der Waals surface area (Å²) in [5.74, 6) is 0.544. The van der Waals surface area contributed by atoms with Gasteiger partial charge >= 0.3 is 0 Å². The molecule has 1 rings (SSSR count). The van der Waals surface area contributed by atoms with Crippen LogP contribution in [0.4, 0.5) is 0 Å². The highest BCUT2D eigenvalue weighted by molar-refractivity contribution is 7.90. The van der Waals surface area contributed by atoms with Crippen molar-refractivity contribution < 1.29 is 9.29 Å². The fraction of sp³-hybridized carbons (Fsp3) is 0.643. The molecule has 4 nitrogen and oxygen atoms in total. The third-order valence-corrected chi connectivity index (χ3v) is 5.31. The monoisotopic (exact) mass is 318 g/mol. The van der Waals surface area contributed by atoms with E-state index in [1.807, 2.05) is 38.9 Å². The van der Waals surface area contributed by atoms with Crippen molar-refractivity contribution in [3.63, 3.8) is 0 Å². The van der Waals surface area contributed by atoms with Crippen LogP contribution in [0.2, 0.25) is 5.02 Å². The SMILES string of the molecule is CCN([C@H](C)c1cc(Cl)c(OC)cn1)[S@+]([O-])C(C)(C)C. The van der Waals surface area contributed by atoms with Crippen molar-refractivity contribution in [1.82, 2.24) is 9.29 Å². The van der Waals surface area contributed by atoms with Crippen LogP contribution >= 0.6 is 11.6 Å². The third kappa shape index (κ3) is 4.01. The summed E-state index contributed by atoms with van der Waals surface area (Å²) < 4.78 is 19.3. The fourth-order valence-corrected chi connectivity index (χ4v) is 3.42. The Labute approximate surface area is 129 Å². The Bertz CT molecular complexity index is 451. The standard InChI is InChI=1S/C14H23ClN2O2S/c1-7-17(20(18)14(3,4)5)10(2)12-8-11(15)13(19-6)9-16-12/h8-10H,7H2,1-6H3/t10-,20-/m1/s1. The van der Waals surface area contributed by atoms with E-state index in [2.05, 4.69) is 4.98 Å². The zero-order valence-corrected chi connectivity index (χ0v) is 14.5. The third-order valence-electron chi connectivity index (χ3n) is 2.97. The molecule has 6 heteroatoms. The summed E-state index contributed by atoms with van der Waals surface area (Å²) in [6.45, 7) is 10.5. The number of ether oxygens (including phenoxy) is 1. The molecule has 0 spiro atoms. The highest BCUT2D eigenvalue weighted by Crippen LogP contribution is 2.31. The molecule has 1 heterocycles. The van der Waals surface area contributed by atoms with Gasteiger partial charge in [-0.1, -0.05) is 11.6 Å². The maximum Gasteiger partial charge on any atom is 0.155 e. The molecule has 0 aliphatic heterocycles. The molecule has 0 fully saturated rings. The van der Waals surface area contributed by atoms with Crippen LogP contribution in [0.3, 0.4) is 0 Å². The Morgan fingerprint density at radius 3 is 2.50 bits per heavy atom. The summed E-state index contributed by atoms with van der Waals surface area (Å²) in [4.78, 5) is 4.36. The van der Waals surface area contributed by atoms with Gasteiger partial charge in [0.05, 0.1) is 30.1 Å². The molecule has 20 heavy (non-hydrogen) atoms. The van der Waals surface area contributed by atoms with Crippen molar-refractivity contribution in [2.75, 3.05) is 13.7 Å². The molecule has 0 saturated heterocycles. The van der Waals surface area contributed by atoms with E-state index in [9.17, 15) is 4.55 Å². The minimum Gasteiger partial charge on any atom is -0.597 e. The van der Waals surface area contributed by atoms with E-state index in [0.29, 0.717) is 17.3 Å². The number of pyridine rings is 1. The van der Waals surface area contributed by atoms with Crippen molar-refractivity contribution >= 4 is 23.0 Å². The minimum absolute atomic E-state index is 0.0801. The second kappa shape index (κ2) is 6.98. The van der Waals surface area contributed by atoms with Gasteiger partial charge in [0.15, 0.2) is 5.75 Å². The van der Waals surface area contributed by atoms with E-state index in [1.165, 1.54) is 0 Å². The molecule has 0 amide bonds. The Balaban J connectivity index is 3.02. The molecule has 0 aromatic carbocycles. The molecular weight excluding hydrogens is 296 g/mol. The largest absolute Gasteiger partial charge is 0.597 e. The molecular formula is C14H23ClN2O2S. The molecule has 0 N–H and O–H groups in total. The maximum atomic E-state index is 12.6. The second-order valence-electron chi connectivity index (χ2n) is 5.51. The van der Waals surface area contributed by atoms with Gasteiger partial charge in [0.1, 0.15) is 4.75 Å². The van der Waals surface area contributed by atoms with Crippen molar-refractivity contribution in [2.24, 2.45) is 0 Å². The first-order valence-electron chi connectivity index (χ1n) is 6.60. The molecule has 0 aliphatic carbocycles. The van der Waals surface area contributed by atoms with Crippen LogP contribution in [0.15, 0.2) is 12.3 Å². The van der Waals surface area contributed by atoms with Gasteiger partial charge in [0, 0.05) is 17.9 Å². The van der Waals surface area contributed by atoms with Gasteiger partial charge in [-0.05, 0) is 40.7 Å². The Hall–Kier alpha value is -0.490. The molecule has 1 aromatic rings. The van der Waals surface area contributed by atoms with Crippen LogP contribution in [0, 0.1) is 0 Å². The molecule has 114 valence electrons. The van der Waals surface area contributed by atoms with E-state index in [0.717, 1.165) is 5.69 Å². The predicted octanol–water partition coefficient (Wildman–Crippen LogP) is 3.59. The number of hydrogen-bond acceptors (Lipinski definition) is 4. The lowest BCUT2D eigenvalue weighted by Crippen LogP contribution is -2.44. The Morgan fingerprint density at radius 1 is 1.50 bits per heavy atom. The lowest BCUT2D eigenvalue weighted by Gasteiger charge is -2.35. The smallest absolute Gasteiger partial charge is 0.155 e. The minimum atomic E-state index is -1.10. The number of methoxy groups -OCH3 is 1. The molecule has 2 atom stereocenters. The van der Waals surface area contributed by atoms with E-state index < -0.39 is 11.4 Å². The first-order valence-corrected chi connectivity index (χ1v) is 8.08. The zero-order valence-electron chi connectivity index (χ0n) is 12.9. The first kappa shape index (κ1) is 17.6. The summed E-state index contributed by atoms with van der Waals surface area (Å²) in [5.41, 5.74) is 0.787. The molecule has 1 aromatic heterocycles. The van der Waals surface area contributed by atoms with Gasteiger partial charge in [-0.2, -0.15) is 0 Å². The fourth-order valence-electron chi connectivity index (χ4n) is 1.85. The van der Waals surface area contributed by atoms with E-state index in [4.69, 9.17) is 16.3 Å². The summed E-state index contributed by atoms with van der Waals surface area (Å²) >= 11 is 5.03. The summed E-state index contributed by atoms with van der Waals surface area (Å²) in [5, 5.41) is 0.516. The van der Waals surface area contributed by atoms with Gasteiger partial charge in [-0.25, -0.2) is 0 Å². The average Bonchev–Trinajstić information content (AvgIpc) is 2.38. The lowest BCUT2D eigenvalue weighted by molar-refractivity contribution is 0.338. The summed E-state index contributed by atoms with van der Waals surface area (Å²) in [6.07, 6.45) is 1.60. The van der Waals surface area contributed by atoms with Gasteiger partial charge in [0.25, 0.3) is 0 Å². The number of rotatable bonds is 5. The summed E-state index contributed by atoms with van der Waals surface area (Å²) in [7, 11) is 1.55. The van der Waals surface area contributed by atoms with Crippen molar-refractivity contribution in [1.29, 1.82) is 0 Å². The molecule has 0 aliphatic rings. The van der Waals surface area contributed by atoms with Crippen LogP contribution in [-0.4, -0.2) is 32.2 Å². The van der Waals surface area contributed by atoms with Crippen LogP contribution < -0.4 is 4.74 Å². The van der Waals surface area contributed by atoms with Crippen LogP contribution in [0.1, 0.15) is 46.4 Å². The Morgan fingerprint density at radius 2 is 2.10 bits per heavy atom. The van der Waals surface area contributed by atoms with Crippen LogP contribution in [0.25, 0.3) is 0 Å². The number of hydrogen-bond donors (Lipinski definition) is 0. The zero-order chi connectivity index (χ0) is 15.5. The first-order chi connectivity index (χ1) is 9.22. The van der Waals surface area contributed by atoms with Crippen molar-refractivity contribution in [3.05, 3.63) is 23.0 Å². The van der Waals surface area contributed by atoms with Gasteiger partial charge in [0.2, 0.25) is 0 Å². The van der Waals surface area contributed by atoms with Gasteiger partial charge < -0.3 is 9.29 Å². The average molecular weight is 319 g/mol. The topological polar surface area (TPSA) is 48.4 Å². The van der Waals surface area contributed by atoms with Crippen molar-refractivity contribution in [2.45, 2.75) is 45.4 Å². The number of aromatic nitrogens is 1.